The Balaban J connectivity index is 2.54. The molecule has 1 atom stereocenters. The second-order valence-electron chi connectivity index (χ2n) is 3.63. The van der Waals surface area contributed by atoms with Crippen LogP contribution in [0, 0.1) is 11.3 Å². The van der Waals surface area contributed by atoms with E-state index in [1.54, 1.807) is 4.90 Å². The van der Waals surface area contributed by atoms with Crippen LogP contribution >= 0.6 is 0 Å². The normalized spacial score (nSPS) is 16.9. The molecule has 0 heterocycles. The van der Waals surface area contributed by atoms with Crippen molar-refractivity contribution < 1.29 is 9.53 Å². The molecule has 2 N–H and O–H groups in total. The maximum atomic E-state index is 11.9. The third kappa shape index (κ3) is 3.18. The maximum absolute atomic E-state index is 11.9. The third-order valence-corrected chi connectivity index (χ3v) is 2.51. The van der Waals surface area contributed by atoms with Crippen LogP contribution in [0.5, 0.6) is 0 Å². The lowest BCUT2D eigenvalue weighted by molar-refractivity contribution is -0.141. The van der Waals surface area contributed by atoms with Crippen LogP contribution in [0.3, 0.4) is 0 Å². The number of ether oxygens (including phenoxy) is 1. The van der Waals surface area contributed by atoms with E-state index < -0.39 is 6.10 Å². The van der Waals surface area contributed by atoms with Crippen molar-refractivity contribution >= 4 is 5.91 Å². The molecule has 1 amide bonds. The zero-order valence-corrected chi connectivity index (χ0v) is 8.98. The van der Waals surface area contributed by atoms with E-state index >= 15 is 0 Å². The number of carbonyl (C=O) groups excluding carboxylic acids is 1. The Morgan fingerprint density at radius 3 is 2.80 bits per heavy atom. The van der Waals surface area contributed by atoms with Gasteiger partial charge in [0.15, 0.2) is 0 Å². The van der Waals surface area contributed by atoms with Gasteiger partial charge in [-0.2, -0.15) is 5.26 Å². The monoisotopic (exact) mass is 211 g/mol. The first-order valence-corrected chi connectivity index (χ1v) is 5.14. The first kappa shape index (κ1) is 12.0. The van der Waals surface area contributed by atoms with E-state index in [2.05, 4.69) is 0 Å². The highest BCUT2D eigenvalue weighted by atomic mass is 16.5. The first-order chi connectivity index (χ1) is 7.24. The van der Waals surface area contributed by atoms with Crippen LogP contribution < -0.4 is 5.73 Å². The summed E-state index contributed by atoms with van der Waals surface area (Å²) in [6.07, 6.45) is 1.85. The van der Waals surface area contributed by atoms with Crippen molar-refractivity contribution in [3.8, 4) is 6.07 Å². The van der Waals surface area contributed by atoms with E-state index in [1.807, 2.05) is 6.07 Å². The van der Waals surface area contributed by atoms with Gasteiger partial charge in [-0.25, -0.2) is 0 Å². The predicted molar refractivity (Wildman–Crippen MR) is 54.8 cm³/mol. The van der Waals surface area contributed by atoms with Gasteiger partial charge in [0.2, 0.25) is 0 Å². The fourth-order valence-electron chi connectivity index (χ4n) is 1.51. The van der Waals surface area contributed by atoms with Gasteiger partial charge in [0.1, 0.15) is 6.10 Å². The largest absolute Gasteiger partial charge is 0.370 e. The summed E-state index contributed by atoms with van der Waals surface area (Å²) in [5, 5.41) is 8.51. The van der Waals surface area contributed by atoms with Crippen LogP contribution in [0.25, 0.3) is 0 Å². The minimum Gasteiger partial charge on any atom is -0.370 e. The van der Waals surface area contributed by atoms with Crippen LogP contribution in [-0.2, 0) is 9.53 Å². The van der Waals surface area contributed by atoms with Crippen molar-refractivity contribution in [3.63, 3.8) is 0 Å². The van der Waals surface area contributed by atoms with Crippen LogP contribution in [0.15, 0.2) is 0 Å². The van der Waals surface area contributed by atoms with E-state index in [-0.39, 0.29) is 12.5 Å². The molecule has 84 valence electrons. The second-order valence-corrected chi connectivity index (χ2v) is 3.63. The number of hydrogen-bond acceptors (Lipinski definition) is 4. The SMILES string of the molecule is COC(CN)C(=O)N(CCC#N)C1CC1. The van der Waals surface area contributed by atoms with Crippen molar-refractivity contribution in [1.29, 1.82) is 5.26 Å². The lowest BCUT2D eigenvalue weighted by Crippen LogP contribution is -2.45. The Kier molecular flexibility index (Phi) is 4.53. The molecule has 0 saturated heterocycles. The van der Waals surface area contributed by atoms with E-state index in [0.717, 1.165) is 12.8 Å². The van der Waals surface area contributed by atoms with Gasteiger partial charge in [-0.1, -0.05) is 0 Å². The Morgan fingerprint density at radius 2 is 2.40 bits per heavy atom. The average molecular weight is 211 g/mol. The number of methoxy groups -OCH3 is 1. The first-order valence-electron chi connectivity index (χ1n) is 5.14. The Morgan fingerprint density at radius 1 is 1.73 bits per heavy atom. The molecule has 1 rings (SSSR count). The summed E-state index contributed by atoms with van der Waals surface area (Å²) in [7, 11) is 1.48. The summed E-state index contributed by atoms with van der Waals surface area (Å²) in [5.74, 6) is -0.0854. The highest BCUT2D eigenvalue weighted by Gasteiger charge is 2.35. The van der Waals surface area contributed by atoms with Crippen molar-refractivity contribution in [2.75, 3.05) is 20.2 Å². The van der Waals surface area contributed by atoms with E-state index in [0.29, 0.717) is 19.0 Å². The molecule has 0 bridgehead atoms. The fraction of sp³-hybridized carbons (Fsp3) is 0.800. The highest BCUT2D eigenvalue weighted by molar-refractivity contribution is 5.81. The standard InChI is InChI=1S/C10H17N3O2/c1-15-9(7-12)10(14)13(6-2-5-11)8-3-4-8/h8-9H,2-4,6-7,12H2,1H3. The summed E-state index contributed by atoms with van der Waals surface area (Å²) in [6.45, 7) is 0.672. The van der Waals surface area contributed by atoms with Crippen LogP contribution in [-0.4, -0.2) is 43.2 Å². The Labute approximate surface area is 89.8 Å². The van der Waals surface area contributed by atoms with Gasteiger partial charge in [0.25, 0.3) is 5.91 Å². The molecule has 15 heavy (non-hydrogen) atoms. The van der Waals surface area contributed by atoms with Gasteiger partial charge in [-0.3, -0.25) is 4.79 Å². The molecule has 1 aliphatic rings. The van der Waals surface area contributed by atoms with Crippen molar-refractivity contribution in [3.05, 3.63) is 0 Å². The lowest BCUT2D eigenvalue weighted by Gasteiger charge is -2.25. The molecule has 0 aromatic rings. The Hall–Kier alpha value is -1.12. The lowest BCUT2D eigenvalue weighted by atomic mass is 10.2. The summed E-state index contributed by atoms with van der Waals surface area (Å²) in [6, 6.07) is 2.35. The van der Waals surface area contributed by atoms with E-state index in [9.17, 15) is 4.79 Å². The van der Waals surface area contributed by atoms with E-state index in [1.165, 1.54) is 7.11 Å². The number of nitriles is 1. The molecule has 1 unspecified atom stereocenters. The number of carbonyl (C=O) groups is 1. The van der Waals surface area contributed by atoms with Crippen molar-refractivity contribution in [2.24, 2.45) is 5.73 Å². The molecule has 1 aliphatic carbocycles. The highest BCUT2D eigenvalue weighted by Crippen LogP contribution is 2.27. The summed E-state index contributed by atoms with van der Waals surface area (Å²) >= 11 is 0. The molecule has 5 nitrogen and oxygen atoms in total. The van der Waals surface area contributed by atoms with Crippen molar-refractivity contribution in [2.45, 2.75) is 31.4 Å². The minimum atomic E-state index is -0.565. The van der Waals surface area contributed by atoms with Gasteiger partial charge in [0.05, 0.1) is 12.5 Å². The minimum absolute atomic E-state index is 0.0854. The van der Waals surface area contributed by atoms with Crippen LogP contribution in [0.2, 0.25) is 0 Å². The van der Waals surface area contributed by atoms with Gasteiger partial charge in [-0.15, -0.1) is 0 Å². The number of rotatable bonds is 6. The van der Waals surface area contributed by atoms with Gasteiger partial charge >= 0.3 is 0 Å². The van der Waals surface area contributed by atoms with Crippen molar-refractivity contribution in [1.82, 2.24) is 4.90 Å². The summed E-state index contributed by atoms with van der Waals surface area (Å²) < 4.78 is 5.00. The number of hydrogen-bond donors (Lipinski definition) is 1. The molecule has 0 aliphatic heterocycles. The topological polar surface area (TPSA) is 79.3 Å². The Bertz CT molecular complexity index is 254. The van der Waals surface area contributed by atoms with E-state index in [4.69, 9.17) is 15.7 Å². The third-order valence-electron chi connectivity index (χ3n) is 2.51. The number of amides is 1. The average Bonchev–Trinajstić information content (AvgIpc) is 3.04. The van der Waals surface area contributed by atoms with Crippen LogP contribution in [0.1, 0.15) is 19.3 Å². The molecular formula is C10H17N3O2. The maximum Gasteiger partial charge on any atom is 0.253 e. The predicted octanol–water partition coefficient (Wildman–Crippen LogP) is -0.135. The van der Waals surface area contributed by atoms with Gasteiger partial charge in [0, 0.05) is 26.2 Å². The zero-order valence-electron chi connectivity index (χ0n) is 8.98. The fourth-order valence-corrected chi connectivity index (χ4v) is 1.51. The molecule has 1 fully saturated rings. The summed E-state index contributed by atoms with van der Waals surface area (Å²) in [4.78, 5) is 13.6. The van der Waals surface area contributed by atoms with Crippen LogP contribution in [0.4, 0.5) is 0 Å². The van der Waals surface area contributed by atoms with Gasteiger partial charge < -0.3 is 15.4 Å². The molecule has 0 aromatic heterocycles. The zero-order chi connectivity index (χ0) is 11.3. The number of nitrogens with two attached hydrogens (primary N) is 1. The molecule has 0 radical (unpaired) electrons. The molecule has 5 heteroatoms. The quantitative estimate of drug-likeness (QED) is 0.663. The smallest absolute Gasteiger partial charge is 0.253 e. The molecule has 0 spiro atoms. The summed E-state index contributed by atoms with van der Waals surface area (Å²) in [5.41, 5.74) is 5.43. The second kappa shape index (κ2) is 5.69. The molecule has 0 aromatic carbocycles. The molecule has 1 saturated carbocycles. The van der Waals surface area contributed by atoms with Gasteiger partial charge in [-0.05, 0) is 12.8 Å². The molecular weight excluding hydrogens is 194 g/mol. The number of nitrogens with zero attached hydrogens (tertiary/aromatic N) is 2.